The van der Waals surface area contributed by atoms with E-state index in [0.717, 1.165) is 32.4 Å². The van der Waals surface area contributed by atoms with Gasteiger partial charge in [0.05, 0.1) is 10.6 Å². The zero-order chi connectivity index (χ0) is 16.4. The van der Waals surface area contributed by atoms with Crippen molar-refractivity contribution in [2.45, 2.75) is 19.3 Å². The van der Waals surface area contributed by atoms with Crippen LogP contribution in [0.4, 0.5) is 5.69 Å². The molecule has 23 heavy (non-hydrogen) atoms. The van der Waals surface area contributed by atoms with E-state index in [4.69, 9.17) is 27.9 Å². The average molecular weight is 356 g/mol. The van der Waals surface area contributed by atoms with Crippen LogP contribution in [0.1, 0.15) is 19.3 Å². The standard InChI is InChI=1S/C15H15Cl2N3O3/c16-12(14(17)19-8-4-1-5-9-19)13(20(21)22)15-18-10-6-2-3-7-11(10)23-15/h2-3,6-7,18H,1,4-5,8-9H2. The van der Waals surface area contributed by atoms with E-state index in [9.17, 15) is 10.1 Å². The number of anilines is 1. The Bertz CT molecular complexity index is 670. The van der Waals surface area contributed by atoms with E-state index >= 15 is 0 Å². The van der Waals surface area contributed by atoms with Gasteiger partial charge in [-0.25, -0.2) is 0 Å². The first kappa shape index (κ1) is 16.0. The number of para-hydroxylation sites is 2. The van der Waals surface area contributed by atoms with Crippen molar-refractivity contribution in [2.24, 2.45) is 0 Å². The summed E-state index contributed by atoms with van der Waals surface area (Å²) in [6.07, 6.45) is 3.11. The van der Waals surface area contributed by atoms with Crippen LogP contribution in [0.5, 0.6) is 5.75 Å². The van der Waals surface area contributed by atoms with Gasteiger partial charge in [-0.05, 0) is 31.4 Å². The maximum atomic E-state index is 11.5. The highest BCUT2D eigenvalue weighted by atomic mass is 35.5. The van der Waals surface area contributed by atoms with E-state index in [1.54, 1.807) is 18.2 Å². The number of nitrogens with zero attached hydrogens (tertiary/aromatic N) is 2. The van der Waals surface area contributed by atoms with Gasteiger partial charge in [0.1, 0.15) is 5.16 Å². The topological polar surface area (TPSA) is 67.6 Å². The van der Waals surface area contributed by atoms with Gasteiger partial charge in [-0.3, -0.25) is 10.1 Å². The summed E-state index contributed by atoms with van der Waals surface area (Å²) in [5.41, 5.74) is 0.291. The lowest BCUT2D eigenvalue weighted by molar-refractivity contribution is -0.422. The normalized spacial score (nSPS) is 20.2. The quantitative estimate of drug-likeness (QED) is 0.502. The molecule has 1 aromatic rings. The van der Waals surface area contributed by atoms with Crippen molar-refractivity contribution in [3.05, 3.63) is 56.1 Å². The summed E-state index contributed by atoms with van der Waals surface area (Å²) in [5, 5.41) is 14.4. The average Bonchev–Trinajstić information content (AvgIpc) is 2.98. The molecule has 0 spiro atoms. The molecule has 2 aliphatic heterocycles. The fourth-order valence-electron chi connectivity index (χ4n) is 2.61. The minimum atomic E-state index is -0.580. The molecule has 3 rings (SSSR count). The first-order valence-electron chi connectivity index (χ1n) is 7.31. The van der Waals surface area contributed by atoms with Gasteiger partial charge in [-0.2, -0.15) is 0 Å². The lowest BCUT2D eigenvalue weighted by Gasteiger charge is -2.28. The number of rotatable bonds is 3. The van der Waals surface area contributed by atoms with Crippen molar-refractivity contribution in [3.63, 3.8) is 0 Å². The minimum Gasteiger partial charge on any atom is -0.433 e. The highest BCUT2D eigenvalue weighted by Crippen LogP contribution is 2.37. The second-order valence-electron chi connectivity index (χ2n) is 5.31. The van der Waals surface area contributed by atoms with Crippen molar-refractivity contribution in [3.8, 4) is 5.75 Å². The summed E-state index contributed by atoms with van der Waals surface area (Å²) in [6, 6.07) is 7.08. The first-order valence-corrected chi connectivity index (χ1v) is 8.06. The van der Waals surface area contributed by atoms with E-state index in [-0.39, 0.29) is 21.8 Å². The van der Waals surface area contributed by atoms with Gasteiger partial charge in [-0.1, -0.05) is 35.3 Å². The van der Waals surface area contributed by atoms with E-state index in [2.05, 4.69) is 5.32 Å². The number of ether oxygens (including phenoxy) is 1. The van der Waals surface area contributed by atoms with Gasteiger partial charge in [0.2, 0.25) is 0 Å². The molecule has 2 heterocycles. The predicted molar refractivity (Wildman–Crippen MR) is 88.9 cm³/mol. The molecule has 8 heteroatoms. The third-order valence-electron chi connectivity index (χ3n) is 3.77. The molecule has 0 unspecified atom stereocenters. The largest absolute Gasteiger partial charge is 0.433 e. The molecule has 0 radical (unpaired) electrons. The molecule has 0 aromatic heterocycles. The SMILES string of the molecule is O=[N+]([O-])C(=C1Nc2ccccc2O1)C(Cl)=C(Cl)N1CCCCC1. The molecule has 6 nitrogen and oxygen atoms in total. The number of fused-ring (bicyclic) bond motifs is 1. The number of piperidine rings is 1. The van der Waals surface area contributed by atoms with E-state index in [0.29, 0.717) is 11.4 Å². The number of nitro groups is 1. The van der Waals surface area contributed by atoms with Gasteiger partial charge < -0.3 is 15.0 Å². The van der Waals surface area contributed by atoms with Crippen LogP contribution in [0, 0.1) is 10.1 Å². The minimum absolute atomic E-state index is 0.0173. The highest BCUT2D eigenvalue weighted by molar-refractivity contribution is 6.40. The summed E-state index contributed by atoms with van der Waals surface area (Å²) in [4.78, 5) is 12.8. The van der Waals surface area contributed by atoms with Gasteiger partial charge in [-0.15, -0.1) is 0 Å². The molecule has 122 valence electrons. The Morgan fingerprint density at radius 2 is 1.91 bits per heavy atom. The van der Waals surface area contributed by atoms with Gasteiger partial charge >= 0.3 is 5.70 Å². The summed E-state index contributed by atoms with van der Waals surface area (Å²) < 4.78 is 5.52. The van der Waals surface area contributed by atoms with Crippen molar-refractivity contribution < 1.29 is 9.66 Å². The number of halogens is 2. The molecule has 0 atom stereocenters. The third kappa shape index (κ3) is 3.23. The van der Waals surface area contributed by atoms with Crippen LogP contribution in [0.3, 0.4) is 0 Å². The highest BCUT2D eigenvalue weighted by Gasteiger charge is 2.33. The van der Waals surface area contributed by atoms with Crippen LogP contribution >= 0.6 is 23.2 Å². The summed E-state index contributed by atoms with van der Waals surface area (Å²) >= 11 is 12.5. The zero-order valence-electron chi connectivity index (χ0n) is 12.2. The summed E-state index contributed by atoms with van der Waals surface area (Å²) in [6.45, 7) is 1.48. The fourth-order valence-corrected chi connectivity index (χ4v) is 3.15. The molecule has 1 fully saturated rings. The van der Waals surface area contributed by atoms with Crippen LogP contribution in [-0.2, 0) is 0 Å². The van der Waals surface area contributed by atoms with Crippen LogP contribution in [0.2, 0.25) is 0 Å². The van der Waals surface area contributed by atoms with E-state index in [1.807, 2.05) is 11.0 Å². The lowest BCUT2D eigenvalue weighted by atomic mass is 10.1. The van der Waals surface area contributed by atoms with Gasteiger partial charge in [0, 0.05) is 13.1 Å². The number of hydrogen-bond donors (Lipinski definition) is 1. The Hall–Kier alpha value is -1.92. The Kier molecular flexibility index (Phi) is 4.63. The molecule has 1 aromatic carbocycles. The molecule has 0 saturated carbocycles. The Morgan fingerprint density at radius 3 is 2.57 bits per heavy atom. The van der Waals surface area contributed by atoms with Crippen molar-refractivity contribution in [1.82, 2.24) is 4.90 Å². The van der Waals surface area contributed by atoms with Crippen LogP contribution < -0.4 is 10.1 Å². The second kappa shape index (κ2) is 6.68. The first-order chi connectivity index (χ1) is 11.1. The zero-order valence-corrected chi connectivity index (χ0v) is 13.7. The fraction of sp³-hybridized carbons (Fsp3) is 0.333. The molecule has 0 bridgehead atoms. The second-order valence-corrected chi connectivity index (χ2v) is 6.05. The Labute approximate surface area is 143 Å². The van der Waals surface area contributed by atoms with E-state index in [1.165, 1.54) is 0 Å². The third-order valence-corrected chi connectivity index (χ3v) is 4.65. The molecular formula is C15H15Cl2N3O3. The molecule has 0 amide bonds. The smallest absolute Gasteiger partial charge is 0.350 e. The summed E-state index contributed by atoms with van der Waals surface area (Å²) in [5.74, 6) is 0.497. The van der Waals surface area contributed by atoms with E-state index < -0.39 is 4.92 Å². The molecule has 1 N–H and O–H groups in total. The van der Waals surface area contributed by atoms with Crippen LogP contribution in [0.25, 0.3) is 0 Å². The Balaban J connectivity index is 1.96. The van der Waals surface area contributed by atoms with Crippen molar-refractivity contribution in [2.75, 3.05) is 18.4 Å². The van der Waals surface area contributed by atoms with Gasteiger partial charge in [0.15, 0.2) is 10.8 Å². The number of nitrogens with one attached hydrogen (secondary N) is 1. The van der Waals surface area contributed by atoms with Crippen molar-refractivity contribution >= 4 is 28.9 Å². The number of allylic oxidation sites excluding steroid dienone is 1. The lowest BCUT2D eigenvalue weighted by Crippen LogP contribution is -2.28. The molecule has 0 aliphatic carbocycles. The molecule has 2 aliphatic rings. The number of likely N-dealkylation sites (tertiary alicyclic amines) is 1. The van der Waals surface area contributed by atoms with Crippen molar-refractivity contribution in [1.29, 1.82) is 0 Å². The summed E-state index contributed by atoms with van der Waals surface area (Å²) in [7, 11) is 0. The maximum absolute atomic E-state index is 11.5. The van der Waals surface area contributed by atoms with Crippen LogP contribution in [-0.4, -0.2) is 22.9 Å². The number of hydrogen-bond acceptors (Lipinski definition) is 5. The number of benzene rings is 1. The monoisotopic (exact) mass is 355 g/mol. The van der Waals surface area contributed by atoms with Gasteiger partial charge in [0.25, 0.3) is 5.88 Å². The molecular weight excluding hydrogens is 341 g/mol. The molecule has 1 saturated heterocycles. The van der Waals surface area contributed by atoms with Crippen LogP contribution in [0.15, 0.2) is 46.0 Å². The Morgan fingerprint density at radius 1 is 1.22 bits per heavy atom. The predicted octanol–water partition coefficient (Wildman–Crippen LogP) is 4.07. The maximum Gasteiger partial charge on any atom is 0.350 e.